The zero-order chi connectivity index (χ0) is 39.7. The molecule has 2 rings (SSSR count). The smallest absolute Gasteiger partial charge is 0.323 e. The van der Waals surface area contributed by atoms with E-state index >= 15 is 0 Å². The predicted octanol–water partition coefficient (Wildman–Crippen LogP) is 3.83. The second-order valence-electron chi connectivity index (χ2n) is 13.1. The number of carbonyl (C=O) groups is 4. The molecule has 2 aromatic rings. The fraction of sp³-hybridized carbons (Fsp3) is 0.568. The Kier molecular flexibility index (Phi) is 18.0. The summed E-state index contributed by atoms with van der Waals surface area (Å²) in [5, 5.41) is 0. The number of hydrogen-bond acceptors (Lipinski definition) is 16. The Morgan fingerprint density at radius 3 is 1.23 bits per heavy atom. The lowest BCUT2D eigenvalue weighted by Gasteiger charge is -2.27. The van der Waals surface area contributed by atoms with Gasteiger partial charge in [0.2, 0.25) is 25.1 Å². The normalized spacial score (nSPS) is 11.2. The van der Waals surface area contributed by atoms with Gasteiger partial charge in [0, 0.05) is 26.2 Å². The Bertz CT molecular complexity index is 1470. The van der Waals surface area contributed by atoms with Gasteiger partial charge in [-0.15, -0.1) is 0 Å². The average Bonchev–Trinajstić information content (AvgIpc) is 3.11. The van der Waals surface area contributed by atoms with Crippen LogP contribution in [-0.2, 0) is 51.2 Å². The highest BCUT2D eigenvalue weighted by Gasteiger charge is 2.25. The molecule has 0 aromatic heterocycles. The molecular formula is C37H54N2O14. The van der Waals surface area contributed by atoms with Crippen molar-refractivity contribution >= 4 is 23.9 Å². The lowest BCUT2D eigenvalue weighted by Crippen LogP contribution is -2.40. The van der Waals surface area contributed by atoms with E-state index in [0.29, 0.717) is 40.1 Å². The number of benzene rings is 2. The van der Waals surface area contributed by atoms with Crippen molar-refractivity contribution in [1.29, 1.82) is 0 Å². The van der Waals surface area contributed by atoms with Crippen molar-refractivity contribution in [2.24, 2.45) is 11.3 Å². The molecule has 0 aliphatic heterocycles. The van der Waals surface area contributed by atoms with Crippen LogP contribution >= 0.6 is 0 Å². The van der Waals surface area contributed by atoms with Gasteiger partial charge in [0.15, 0.2) is 23.0 Å². The van der Waals surface area contributed by atoms with Gasteiger partial charge >= 0.3 is 23.9 Å². The van der Waals surface area contributed by atoms with Gasteiger partial charge in [-0.1, -0.05) is 13.8 Å². The summed E-state index contributed by atoms with van der Waals surface area (Å²) in [6, 6.07) is 7.03. The Balaban J connectivity index is 2.40. The van der Waals surface area contributed by atoms with Gasteiger partial charge in [0.25, 0.3) is 0 Å². The Labute approximate surface area is 311 Å². The number of esters is 4. The standard InChI is InChI=1S/C37H54N2O14/c1-24(2)35(42)52-22-50-31(40)20-38(18-25-14-27(44-6)33(48-10)28(15-25)45-7)12-13-39(21-32(41)51-23-53-36(43)37(3,4)5)19-26-16-29(46-8)34(49-11)30(17-26)47-9/h14-17,24H,12-13,18-23H2,1-11H3. The second kappa shape index (κ2) is 21.5. The molecule has 53 heavy (non-hydrogen) atoms. The van der Waals surface area contributed by atoms with Crippen molar-refractivity contribution in [3.05, 3.63) is 35.4 Å². The molecule has 16 heteroatoms. The molecule has 16 nitrogen and oxygen atoms in total. The van der Waals surface area contributed by atoms with E-state index in [4.69, 9.17) is 47.4 Å². The third kappa shape index (κ3) is 14.2. The summed E-state index contributed by atoms with van der Waals surface area (Å²) in [6.45, 7) is 7.78. The minimum Gasteiger partial charge on any atom is -0.493 e. The number of carbonyl (C=O) groups excluding carboxylic acids is 4. The maximum Gasteiger partial charge on any atom is 0.323 e. The topological polar surface area (TPSA) is 167 Å². The van der Waals surface area contributed by atoms with Crippen molar-refractivity contribution in [3.63, 3.8) is 0 Å². The van der Waals surface area contributed by atoms with Crippen molar-refractivity contribution in [2.75, 3.05) is 82.4 Å². The zero-order valence-corrected chi connectivity index (χ0v) is 32.7. The molecule has 0 unspecified atom stereocenters. The molecule has 296 valence electrons. The first-order valence-electron chi connectivity index (χ1n) is 16.8. The zero-order valence-electron chi connectivity index (χ0n) is 32.7. The van der Waals surface area contributed by atoms with Gasteiger partial charge in [-0.25, -0.2) is 0 Å². The highest BCUT2D eigenvalue weighted by Crippen LogP contribution is 2.39. The van der Waals surface area contributed by atoms with Gasteiger partial charge in [0.05, 0.1) is 67.1 Å². The maximum atomic E-state index is 13.1. The van der Waals surface area contributed by atoms with E-state index in [1.165, 1.54) is 42.7 Å². The number of ether oxygens (including phenoxy) is 10. The average molecular weight is 751 g/mol. The summed E-state index contributed by atoms with van der Waals surface area (Å²) < 4.78 is 53.6. The third-order valence-electron chi connectivity index (χ3n) is 7.61. The van der Waals surface area contributed by atoms with E-state index in [-0.39, 0.29) is 45.2 Å². The minimum atomic E-state index is -0.774. The molecule has 2 aromatic carbocycles. The summed E-state index contributed by atoms with van der Waals surface area (Å²) in [5.41, 5.74) is 0.660. The number of nitrogens with zero attached hydrogens (tertiary/aromatic N) is 2. The Hall–Kier alpha value is -4.96. The van der Waals surface area contributed by atoms with E-state index in [2.05, 4.69) is 0 Å². The van der Waals surface area contributed by atoms with E-state index in [0.717, 1.165) is 5.56 Å². The summed E-state index contributed by atoms with van der Waals surface area (Å²) in [6.07, 6.45) is 0. The second-order valence-corrected chi connectivity index (χ2v) is 13.1. The lowest BCUT2D eigenvalue weighted by molar-refractivity contribution is -0.174. The number of methoxy groups -OCH3 is 6. The summed E-state index contributed by atoms with van der Waals surface area (Å²) >= 11 is 0. The van der Waals surface area contributed by atoms with Crippen LogP contribution < -0.4 is 28.4 Å². The van der Waals surface area contributed by atoms with Crippen LogP contribution in [0.2, 0.25) is 0 Å². The summed E-state index contributed by atoms with van der Waals surface area (Å²) in [4.78, 5) is 53.7. The van der Waals surface area contributed by atoms with Gasteiger partial charge in [0.1, 0.15) is 0 Å². The van der Waals surface area contributed by atoms with Crippen LogP contribution in [0, 0.1) is 11.3 Å². The predicted molar refractivity (Wildman–Crippen MR) is 191 cm³/mol. The van der Waals surface area contributed by atoms with Crippen molar-refractivity contribution in [1.82, 2.24) is 9.80 Å². The van der Waals surface area contributed by atoms with Crippen LogP contribution in [0.15, 0.2) is 24.3 Å². The van der Waals surface area contributed by atoms with Gasteiger partial charge in [-0.3, -0.25) is 29.0 Å². The summed E-state index contributed by atoms with van der Waals surface area (Å²) in [7, 11) is 8.99. The minimum absolute atomic E-state index is 0.207. The fourth-order valence-electron chi connectivity index (χ4n) is 4.82. The molecule has 0 bridgehead atoms. The Morgan fingerprint density at radius 1 is 0.566 bits per heavy atom. The highest BCUT2D eigenvalue weighted by atomic mass is 16.7. The van der Waals surface area contributed by atoms with E-state index in [1.807, 2.05) is 0 Å². The molecule has 0 heterocycles. The SMILES string of the molecule is COc1cc(CN(CCN(CC(=O)OCOC(=O)C(C)(C)C)Cc2cc(OC)c(OC)c(OC)c2)CC(=O)OCOC(=O)C(C)C)cc(OC)c1OC. The quantitative estimate of drug-likeness (QED) is 0.126. The van der Waals surface area contributed by atoms with Crippen molar-refractivity contribution in [3.8, 4) is 34.5 Å². The Morgan fingerprint density at radius 2 is 0.925 bits per heavy atom. The van der Waals surface area contributed by atoms with Crippen LogP contribution in [-0.4, -0.2) is 116 Å². The monoisotopic (exact) mass is 750 g/mol. The van der Waals surface area contributed by atoms with Gasteiger partial charge < -0.3 is 47.4 Å². The maximum absolute atomic E-state index is 13.1. The first-order valence-corrected chi connectivity index (χ1v) is 16.8. The van der Waals surface area contributed by atoms with Crippen molar-refractivity contribution < 1.29 is 66.5 Å². The third-order valence-corrected chi connectivity index (χ3v) is 7.61. The van der Waals surface area contributed by atoms with Crippen LogP contribution in [0.1, 0.15) is 45.7 Å². The first kappa shape index (κ1) is 44.2. The summed E-state index contributed by atoms with van der Waals surface area (Å²) in [5.74, 6) is -0.229. The number of hydrogen-bond donors (Lipinski definition) is 0. The van der Waals surface area contributed by atoms with Gasteiger partial charge in [-0.05, 0) is 56.2 Å². The molecule has 0 amide bonds. The van der Waals surface area contributed by atoms with E-state index in [1.54, 1.807) is 68.7 Å². The molecule has 0 spiro atoms. The van der Waals surface area contributed by atoms with Gasteiger partial charge in [-0.2, -0.15) is 0 Å². The molecule has 0 N–H and O–H groups in total. The molecular weight excluding hydrogens is 696 g/mol. The molecule has 0 atom stereocenters. The highest BCUT2D eigenvalue weighted by molar-refractivity contribution is 5.76. The molecule has 0 radical (unpaired) electrons. The van der Waals surface area contributed by atoms with Crippen molar-refractivity contribution in [2.45, 2.75) is 47.7 Å². The van der Waals surface area contributed by atoms with E-state index < -0.39 is 42.9 Å². The lowest BCUT2D eigenvalue weighted by atomic mass is 9.98. The molecule has 0 aliphatic carbocycles. The van der Waals surface area contributed by atoms with Crippen LogP contribution in [0.4, 0.5) is 0 Å². The van der Waals surface area contributed by atoms with Crippen LogP contribution in [0.25, 0.3) is 0 Å². The molecule has 0 saturated carbocycles. The van der Waals surface area contributed by atoms with E-state index in [9.17, 15) is 19.2 Å². The largest absolute Gasteiger partial charge is 0.493 e. The molecule has 0 saturated heterocycles. The van der Waals surface area contributed by atoms with Crippen LogP contribution in [0.5, 0.6) is 34.5 Å². The first-order chi connectivity index (χ1) is 25.1. The molecule has 0 aliphatic rings. The fourth-order valence-corrected chi connectivity index (χ4v) is 4.82. The van der Waals surface area contributed by atoms with Crippen LogP contribution in [0.3, 0.4) is 0 Å². The molecule has 0 fully saturated rings. The number of rotatable bonds is 22.